The summed E-state index contributed by atoms with van der Waals surface area (Å²) in [5, 5.41) is 0.358. The van der Waals surface area contributed by atoms with Crippen molar-refractivity contribution in [2.45, 2.75) is 20.0 Å². The van der Waals surface area contributed by atoms with E-state index in [1.165, 1.54) is 12.1 Å². The zero-order valence-electron chi connectivity index (χ0n) is 11.9. The smallest absolute Gasteiger partial charge is 0.160 e. The lowest BCUT2D eigenvalue weighted by atomic mass is 10.1. The number of halogens is 3. The molecule has 1 heterocycles. The lowest BCUT2D eigenvalue weighted by Gasteiger charge is -2.19. The van der Waals surface area contributed by atoms with Crippen LogP contribution in [0.3, 0.4) is 0 Å². The van der Waals surface area contributed by atoms with Gasteiger partial charge in [0, 0.05) is 7.11 Å². The molecule has 0 aliphatic rings. The maximum absolute atomic E-state index is 13.3. The summed E-state index contributed by atoms with van der Waals surface area (Å²) in [5.41, 5.74) is 0.954. The van der Waals surface area contributed by atoms with Crippen LogP contribution >= 0.6 is 23.2 Å². The highest BCUT2D eigenvalue weighted by atomic mass is 35.5. The molecule has 0 fully saturated rings. The molecule has 1 aromatic heterocycles. The number of hydrogen-bond acceptors (Lipinski definition) is 3. The first-order valence-electron chi connectivity index (χ1n) is 6.45. The second kappa shape index (κ2) is 6.69. The van der Waals surface area contributed by atoms with Crippen LogP contribution in [0.4, 0.5) is 4.39 Å². The van der Waals surface area contributed by atoms with Crippen LogP contribution in [0, 0.1) is 11.7 Å². The lowest BCUT2D eigenvalue weighted by molar-refractivity contribution is 0.0575. The molecule has 2 rings (SSSR count). The van der Waals surface area contributed by atoms with Gasteiger partial charge >= 0.3 is 0 Å². The predicted octanol–water partition coefficient (Wildman–Crippen LogP) is 4.93. The van der Waals surface area contributed by atoms with Crippen molar-refractivity contribution in [3.63, 3.8) is 0 Å². The van der Waals surface area contributed by atoms with Crippen molar-refractivity contribution in [3.05, 3.63) is 46.2 Å². The van der Waals surface area contributed by atoms with Gasteiger partial charge in [-0.2, -0.15) is 0 Å². The van der Waals surface area contributed by atoms with Crippen molar-refractivity contribution in [1.82, 2.24) is 9.97 Å². The molecule has 0 radical (unpaired) electrons. The summed E-state index contributed by atoms with van der Waals surface area (Å²) in [4.78, 5) is 8.51. The molecule has 1 aromatic carbocycles. The molecule has 1 atom stereocenters. The van der Waals surface area contributed by atoms with E-state index in [1.54, 1.807) is 19.2 Å². The average Bonchev–Trinajstić information content (AvgIpc) is 2.38. The van der Waals surface area contributed by atoms with E-state index in [0.717, 1.165) is 0 Å². The van der Waals surface area contributed by atoms with Gasteiger partial charge in [0.15, 0.2) is 5.82 Å². The summed E-state index contributed by atoms with van der Waals surface area (Å²) in [6.45, 7) is 3.97. The molecule has 3 nitrogen and oxygen atoms in total. The van der Waals surface area contributed by atoms with E-state index in [2.05, 4.69) is 9.97 Å². The fraction of sp³-hybridized carbons (Fsp3) is 0.333. The quantitative estimate of drug-likeness (QED) is 0.746. The van der Waals surface area contributed by atoms with Crippen LogP contribution < -0.4 is 0 Å². The van der Waals surface area contributed by atoms with E-state index in [9.17, 15) is 4.39 Å². The summed E-state index contributed by atoms with van der Waals surface area (Å²) in [5.74, 6) is 0.213. The molecular weight excluding hydrogens is 314 g/mol. The zero-order valence-corrected chi connectivity index (χ0v) is 13.4. The molecule has 6 heteroatoms. The second-order valence-corrected chi connectivity index (χ2v) is 5.67. The van der Waals surface area contributed by atoms with Crippen LogP contribution in [0.5, 0.6) is 0 Å². The van der Waals surface area contributed by atoms with Gasteiger partial charge in [0.05, 0.1) is 5.56 Å². The topological polar surface area (TPSA) is 35.0 Å². The Morgan fingerprint density at radius 3 is 2.24 bits per heavy atom. The van der Waals surface area contributed by atoms with E-state index in [0.29, 0.717) is 17.0 Å². The van der Waals surface area contributed by atoms with E-state index in [1.807, 2.05) is 13.8 Å². The molecule has 0 spiro atoms. The Morgan fingerprint density at radius 2 is 1.76 bits per heavy atom. The Labute approximate surface area is 133 Å². The maximum Gasteiger partial charge on any atom is 0.160 e. The standard InChI is InChI=1S/C15H15Cl2FN2O/c1-8(2)12(21-3)15-19-13(16)11(14(17)20-15)9-5-4-6-10(18)7-9/h4-8,12H,1-3H3. The minimum absolute atomic E-state index is 0.169. The third kappa shape index (κ3) is 3.51. The van der Waals surface area contributed by atoms with Crippen molar-refractivity contribution in [1.29, 1.82) is 0 Å². The van der Waals surface area contributed by atoms with Gasteiger partial charge in [-0.1, -0.05) is 49.2 Å². The summed E-state index contributed by atoms with van der Waals surface area (Å²) in [6.07, 6.45) is -0.304. The van der Waals surface area contributed by atoms with Gasteiger partial charge in [0.25, 0.3) is 0 Å². The normalized spacial score (nSPS) is 12.7. The number of hydrogen-bond donors (Lipinski definition) is 0. The van der Waals surface area contributed by atoms with E-state index in [4.69, 9.17) is 27.9 Å². The Hall–Kier alpha value is -1.23. The molecule has 1 unspecified atom stereocenters. The monoisotopic (exact) mass is 328 g/mol. The number of methoxy groups -OCH3 is 1. The molecule has 112 valence electrons. The van der Waals surface area contributed by atoms with Gasteiger partial charge in [0.1, 0.15) is 22.2 Å². The van der Waals surface area contributed by atoms with Gasteiger partial charge in [-0.05, 0) is 23.6 Å². The van der Waals surface area contributed by atoms with Gasteiger partial charge in [0.2, 0.25) is 0 Å². The van der Waals surface area contributed by atoms with Crippen LogP contribution in [0.25, 0.3) is 11.1 Å². The highest BCUT2D eigenvalue weighted by Crippen LogP contribution is 2.34. The van der Waals surface area contributed by atoms with Crippen molar-refractivity contribution in [2.75, 3.05) is 7.11 Å². The number of nitrogens with zero attached hydrogens (tertiary/aromatic N) is 2. The Bertz CT molecular complexity index is 626. The molecule has 21 heavy (non-hydrogen) atoms. The van der Waals surface area contributed by atoms with Crippen molar-refractivity contribution in [3.8, 4) is 11.1 Å². The van der Waals surface area contributed by atoms with Crippen LogP contribution in [0.15, 0.2) is 24.3 Å². The lowest BCUT2D eigenvalue weighted by Crippen LogP contribution is -2.13. The van der Waals surface area contributed by atoms with Gasteiger partial charge in [-0.3, -0.25) is 0 Å². The van der Waals surface area contributed by atoms with E-state index < -0.39 is 0 Å². The highest BCUT2D eigenvalue weighted by molar-refractivity contribution is 6.37. The average molecular weight is 329 g/mol. The largest absolute Gasteiger partial charge is 0.373 e. The fourth-order valence-electron chi connectivity index (χ4n) is 2.11. The molecule has 0 saturated heterocycles. The summed E-state index contributed by atoms with van der Waals surface area (Å²) in [6, 6.07) is 5.97. The van der Waals surface area contributed by atoms with Crippen LogP contribution in [0.2, 0.25) is 10.3 Å². The third-order valence-electron chi connectivity index (χ3n) is 3.07. The van der Waals surface area contributed by atoms with Gasteiger partial charge < -0.3 is 4.74 Å². The first kappa shape index (κ1) is 16.1. The molecule has 0 N–H and O–H groups in total. The van der Waals surface area contributed by atoms with Crippen molar-refractivity contribution in [2.24, 2.45) is 5.92 Å². The molecule has 0 saturated carbocycles. The molecular formula is C15H15Cl2FN2O. The third-order valence-corrected chi connectivity index (χ3v) is 3.61. The zero-order chi connectivity index (χ0) is 15.6. The molecule has 0 bridgehead atoms. The number of rotatable bonds is 4. The van der Waals surface area contributed by atoms with E-state index in [-0.39, 0.29) is 28.1 Å². The number of benzene rings is 1. The highest BCUT2D eigenvalue weighted by Gasteiger charge is 2.22. The van der Waals surface area contributed by atoms with Gasteiger partial charge in [-0.25, -0.2) is 14.4 Å². The van der Waals surface area contributed by atoms with Crippen LogP contribution in [0.1, 0.15) is 25.8 Å². The molecule has 0 amide bonds. The first-order chi connectivity index (χ1) is 9.93. The van der Waals surface area contributed by atoms with Crippen LogP contribution in [-0.4, -0.2) is 17.1 Å². The molecule has 0 aliphatic heterocycles. The Balaban J connectivity index is 2.52. The minimum atomic E-state index is -0.374. The summed E-state index contributed by atoms with van der Waals surface area (Å²) < 4.78 is 18.7. The maximum atomic E-state index is 13.3. The second-order valence-electron chi connectivity index (χ2n) is 4.95. The minimum Gasteiger partial charge on any atom is -0.373 e. The van der Waals surface area contributed by atoms with Crippen molar-refractivity contribution < 1.29 is 9.13 Å². The SMILES string of the molecule is COC(c1nc(Cl)c(-c2cccc(F)c2)c(Cl)n1)C(C)C. The molecule has 2 aromatic rings. The van der Waals surface area contributed by atoms with E-state index >= 15 is 0 Å². The summed E-state index contributed by atoms with van der Waals surface area (Å²) >= 11 is 12.4. The van der Waals surface area contributed by atoms with Crippen LogP contribution in [-0.2, 0) is 4.74 Å². The summed E-state index contributed by atoms with van der Waals surface area (Å²) in [7, 11) is 1.58. The number of aromatic nitrogens is 2. The molecule has 0 aliphatic carbocycles. The van der Waals surface area contributed by atoms with Crippen molar-refractivity contribution >= 4 is 23.2 Å². The Kier molecular flexibility index (Phi) is 5.14. The predicted molar refractivity (Wildman–Crippen MR) is 82.0 cm³/mol. The Morgan fingerprint density at radius 1 is 1.14 bits per heavy atom. The number of ether oxygens (including phenoxy) is 1. The van der Waals surface area contributed by atoms with Gasteiger partial charge in [-0.15, -0.1) is 0 Å². The fourth-order valence-corrected chi connectivity index (χ4v) is 2.73. The first-order valence-corrected chi connectivity index (χ1v) is 7.21.